The first-order valence-corrected chi connectivity index (χ1v) is 10.8. The van der Waals surface area contributed by atoms with Crippen molar-refractivity contribution in [1.82, 2.24) is 0 Å². The first-order chi connectivity index (χ1) is 15.0. The first kappa shape index (κ1) is 18.3. The minimum absolute atomic E-state index is 0.100. The third kappa shape index (κ3) is 2.53. The highest BCUT2D eigenvalue weighted by molar-refractivity contribution is 6.98. The lowest BCUT2D eigenvalue weighted by atomic mass is 9.34. The molecule has 0 radical (unpaired) electrons. The summed E-state index contributed by atoms with van der Waals surface area (Å²) in [7, 11) is 0. The highest BCUT2D eigenvalue weighted by Gasteiger charge is 2.42. The van der Waals surface area contributed by atoms with Crippen molar-refractivity contribution in [2.24, 2.45) is 0 Å². The summed E-state index contributed by atoms with van der Waals surface area (Å²) >= 11 is 0. The number of hydrogen-bond acceptors (Lipinski definition) is 2. The molecule has 0 aliphatic carbocycles. The molecule has 2 aliphatic heterocycles. The van der Waals surface area contributed by atoms with E-state index in [1.807, 2.05) is 0 Å². The molecule has 4 aromatic rings. The molecule has 150 valence electrons. The van der Waals surface area contributed by atoms with Gasteiger partial charge in [0.2, 0.25) is 0 Å². The fraction of sp³-hybridized carbons (Fsp3) is 0.143. The maximum Gasteiger partial charge on any atom is 0.260 e. The molecule has 3 heteroatoms. The second kappa shape index (κ2) is 6.52. The van der Waals surface area contributed by atoms with Gasteiger partial charge >= 0.3 is 0 Å². The average molecular weight is 402 g/mol. The van der Waals surface area contributed by atoms with Gasteiger partial charge in [-0.05, 0) is 78.6 Å². The Morgan fingerprint density at radius 2 is 1.32 bits per heavy atom. The van der Waals surface area contributed by atoms with Crippen LogP contribution in [-0.4, -0.2) is 6.71 Å². The Morgan fingerprint density at radius 3 is 2.19 bits per heavy atom. The number of aryl methyl sites for hydroxylation is 3. The molecule has 0 bridgehead atoms. The Bertz CT molecular complexity index is 1390. The fourth-order valence-electron chi connectivity index (χ4n) is 5.14. The van der Waals surface area contributed by atoms with Crippen LogP contribution >= 0.6 is 0 Å². The Balaban J connectivity index is 1.72. The maximum absolute atomic E-state index is 6.65. The van der Waals surface area contributed by atoms with E-state index < -0.39 is 0 Å². The molecule has 0 spiro atoms. The number of para-hydroxylation sites is 2. The van der Waals surface area contributed by atoms with Gasteiger partial charge < -0.3 is 9.47 Å². The lowest BCUT2D eigenvalue weighted by molar-refractivity contribution is 0.463. The summed E-state index contributed by atoms with van der Waals surface area (Å²) in [5.41, 5.74) is 10.8. The molecule has 0 aromatic heterocycles. The molecule has 0 N–H and O–H groups in total. The van der Waals surface area contributed by atoms with Crippen molar-refractivity contribution in [3.63, 3.8) is 0 Å². The second-order valence-electron chi connectivity index (χ2n) is 8.73. The van der Waals surface area contributed by atoms with Crippen LogP contribution in [0.5, 0.6) is 23.0 Å². The summed E-state index contributed by atoms with van der Waals surface area (Å²) in [5, 5.41) is 0. The molecule has 0 atom stereocenters. The molecule has 6 rings (SSSR count). The standard InChI is InChI=1S/C28H23BO2/c1-16-9-7-11-20(19(16)4)25-18(3)15-24-26-28(25)30-23-14-6-5-12-21(23)29(26)22-13-8-10-17(2)27(22)31-24/h5-15H,1-4H3. The molecule has 2 nitrogen and oxygen atoms in total. The largest absolute Gasteiger partial charge is 0.458 e. The highest BCUT2D eigenvalue weighted by atomic mass is 16.5. The number of hydrogen-bond donors (Lipinski definition) is 0. The van der Waals surface area contributed by atoms with Gasteiger partial charge in [0.05, 0.1) is 0 Å². The van der Waals surface area contributed by atoms with Crippen LogP contribution in [0.1, 0.15) is 22.3 Å². The van der Waals surface area contributed by atoms with E-state index in [9.17, 15) is 0 Å². The van der Waals surface area contributed by atoms with Gasteiger partial charge in [0, 0.05) is 11.0 Å². The zero-order valence-electron chi connectivity index (χ0n) is 18.2. The van der Waals surface area contributed by atoms with Crippen LogP contribution in [0.4, 0.5) is 0 Å². The van der Waals surface area contributed by atoms with E-state index in [2.05, 4.69) is 94.4 Å². The zero-order valence-corrected chi connectivity index (χ0v) is 18.2. The van der Waals surface area contributed by atoms with Gasteiger partial charge in [-0.3, -0.25) is 0 Å². The fourth-order valence-corrected chi connectivity index (χ4v) is 5.14. The maximum atomic E-state index is 6.65. The van der Waals surface area contributed by atoms with E-state index in [1.54, 1.807) is 0 Å². The van der Waals surface area contributed by atoms with Crippen LogP contribution in [-0.2, 0) is 0 Å². The lowest BCUT2D eigenvalue weighted by Crippen LogP contribution is -2.57. The van der Waals surface area contributed by atoms with Crippen LogP contribution < -0.4 is 25.9 Å². The molecule has 2 heterocycles. The van der Waals surface area contributed by atoms with Gasteiger partial charge in [-0.25, -0.2) is 0 Å². The molecule has 4 aromatic carbocycles. The van der Waals surface area contributed by atoms with Crippen LogP contribution in [0.15, 0.2) is 66.7 Å². The van der Waals surface area contributed by atoms with E-state index in [0.717, 1.165) is 39.6 Å². The monoisotopic (exact) mass is 402 g/mol. The minimum atomic E-state index is 0.100. The summed E-state index contributed by atoms with van der Waals surface area (Å²) in [6.07, 6.45) is 0. The van der Waals surface area contributed by atoms with Crippen molar-refractivity contribution in [3.8, 4) is 34.1 Å². The smallest absolute Gasteiger partial charge is 0.260 e. The van der Waals surface area contributed by atoms with E-state index in [-0.39, 0.29) is 6.71 Å². The van der Waals surface area contributed by atoms with Crippen molar-refractivity contribution in [3.05, 3.63) is 89.0 Å². The summed E-state index contributed by atoms with van der Waals surface area (Å²) in [6.45, 7) is 8.73. The highest BCUT2D eigenvalue weighted by Crippen LogP contribution is 2.44. The summed E-state index contributed by atoms with van der Waals surface area (Å²) in [6, 6.07) is 23.5. The van der Waals surface area contributed by atoms with E-state index in [1.165, 1.54) is 33.2 Å². The number of fused-ring (bicyclic) bond motifs is 4. The van der Waals surface area contributed by atoms with Gasteiger partial charge in [0.15, 0.2) is 0 Å². The number of rotatable bonds is 1. The topological polar surface area (TPSA) is 18.5 Å². The SMILES string of the molecule is Cc1cccc(-c2c(C)cc3c4c2Oc2ccccc2B4c2cccc(C)c2O3)c1C. The molecule has 2 aliphatic rings. The van der Waals surface area contributed by atoms with Gasteiger partial charge in [-0.1, -0.05) is 54.6 Å². The molecule has 0 fully saturated rings. The van der Waals surface area contributed by atoms with Crippen molar-refractivity contribution in [1.29, 1.82) is 0 Å². The molecule has 0 unspecified atom stereocenters. The van der Waals surface area contributed by atoms with Gasteiger partial charge in [0.25, 0.3) is 6.71 Å². The zero-order chi connectivity index (χ0) is 21.3. The number of ether oxygens (including phenoxy) is 2. The van der Waals surface area contributed by atoms with Crippen LogP contribution in [0.25, 0.3) is 11.1 Å². The van der Waals surface area contributed by atoms with Crippen molar-refractivity contribution in [2.75, 3.05) is 0 Å². The normalized spacial score (nSPS) is 13.0. The predicted octanol–water partition coefficient (Wildman–Crippen LogP) is 5.31. The molecule has 0 saturated heterocycles. The van der Waals surface area contributed by atoms with E-state index in [0.29, 0.717) is 0 Å². The molecule has 0 saturated carbocycles. The van der Waals surface area contributed by atoms with Crippen LogP contribution in [0.2, 0.25) is 0 Å². The Morgan fingerprint density at radius 1 is 0.613 bits per heavy atom. The minimum Gasteiger partial charge on any atom is -0.458 e. The quantitative estimate of drug-likeness (QED) is 0.347. The molecular formula is C28H23BO2. The predicted molar refractivity (Wildman–Crippen MR) is 129 cm³/mol. The van der Waals surface area contributed by atoms with Crippen molar-refractivity contribution >= 4 is 23.1 Å². The summed E-state index contributed by atoms with van der Waals surface area (Å²) in [4.78, 5) is 0. The van der Waals surface area contributed by atoms with E-state index in [4.69, 9.17) is 9.47 Å². The van der Waals surface area contributed by atoms with Crippen molar-refractivity contribution in [2.45, 2.75) is 27.7 Å². The average Bonchev–Trinajstić information content (AvgIpc) is 2.76. The third-order valence-electron chi connectivity index (χ3n) is 6.85. The Labute approximate surface area is 183 Å². The van der Waals surface area contributed by atoms with Crippen LogP contribution in [0, 0.1) is 27.7 Å². The Hall–Kier alpha value is -3.46. The molecule has 0 amide bonds. The van der Waals surface area contributed by atoms with E-state index >= 15 is 0 Å². The Kier molecular flexibility index (Phi) is 3.85. The third-order valence-corrected chi connectivity index (χ3v) is 6.85. The molecule has 31 heavy (non-hydrogen) atoms. The summed E-state index contributed by atoms with van der Waals surface area (Å²) in [5.74, 6) is 3.74. The second-order valence-corrected chi connectivity index (χ2v) is 8.73. The van der Waals surface area contributed by atoms with Crippen molar-refractivity contribution < 1.29 is 9.47 Å². The summed E-state index contributed by atoms with van der Waals surface area (Å²) < 4.78 is 13.2. The van der Waals surface area contributed by atoms with Gasteiger partial charge in [-0.15, -0.1) is 0 Å². The van der Waals surface area contributed by atoms with Gasteiger partial charge in [0.1, 0.15) is 23.0 Å². The number of benzene rings is 4. The van der Waals surface area contributed by atoms with Gasteiger partial charge in [-0.2, -0.15) is 0 Å². The first-order valence-electron chi connectivity index (χ1n) is 10.8. The molecular weight excluding hydrogens is 379 g/mol. The van der Waals surface area contributed by atoms with Crippen LogP contribution in [0.3, 0.4) is 0 Å². The lowest BCUT2D eigenvalue weighted by Gasteiger charge is -2.35.